The molecule has 0 aromatic rings. The number of carbonyl (C=O) groups excluding carboxylic acids is 1. The molecule has 6 heavy (non-hydrogen) atoms. The van der Waals surface area contributed by atoms with E-state index in [1.807, 2.05) is 0 Å². The van der Waals surface area contributed by atoms with Crippen molar-refractivity contribution < 1.29 is 56.7 Å². The van der Waals surface area contributed by atoms with Crippen LogP contribution in [0.2, 0.25) is 0 Å². The molecule has 32 valence electrons. The molecule has 0 amide bonds. The van der Waals surface area contributed by atoms with Crippen molar-refractivity contribution in [2.75, 3.05) is 0 Å². The molecule has 4 heteroatoms. The van der Waals surface area contributed by atoms with E-state index in [2.05, 4.69) is 0 Å². The zero-order chi connectivity index (χ0) is 3.58. The van der Waals surface area contributed by atoms with Crippen molar-refractivity contribution in [2.45, 2.75) is 6.92 Å². The van der Waals surface area contributed by atoms with Crippen LogP contribution in [0.1, 0.15) is 6.92 Å². The van der Waals surface area contributed by atoms with Gasteiger partial charge in [0.2, 0.25) is 0 Å². The second-order valence-corrected chi connectivity index (χ2v) is 0.492. The van der Waals surface area contributed by atoms with Gasteiger partial charge >= 0.3 is 41.3 Å². The van der Waals surface area contributed by atoms with Crippen LogP contribution >= 0.6 is 0 Å². The smallest absolute Gasteiger partial charge is 0.550 e. The van der Waals surface area contributed by atoms with Crippen LogP contribution in [0.4, 0.5) is 0 Å². The van der Waals surface area contributed by atoms with Gasteiger partial charge in [0, 0.05) is 5.97 Å². The Labute approximate surface area is 69.0 Å². The average molecular weight is 218 g/mol. The van der Waals surface area contributed by atoms with Crippen LogP contribution in [-0.4, -0.2) is 11.4 Å². The molecule has 2 N–H and O–H groups in total. The fourth-order valence-electron chi connectivity index (χ4n) is 0. The van der Waals surface area contributed by atoms with E-state index in [1.165, 1.54) is 0 Å². The minimum atomic E-state index is -1.08. The fourth-order valence-corrected chi connectivity index (χ4v) is 0. The Morgan fingerprint density at radius 2 is 1.67 bits per heavy atom. The summed E-state index contributed by atoms with van der Waals surface area (Å²) in [6.07, 6.45) is 0. The Kier molecular flexibility index (Phi) is 24.4. The van der Waals surface area contributed by atoms with Crippen LogP contribution in [0.5, 0.6) is 0 Å². The summed E-state index contributed by atoms with van der Waals surface area (Å²) in [5.74, 6) is -1.08. The summed E-state index contributed by atoms with van der Waals surface area (Å²) in [5.41, 5.74) is 0. The molecule has 0 rings (SSSR count). The van der Waals surface area contributed by atoms with Crippen LogP contribution in [0, 0.1) is 41.3 Å². The van der Waals surface area contributed by atoms with E-state index < -0.39 is 5.97 Å². The van der Waals surface area contributed by atoms with E-state index >= 15 is 0 Å². The average Bonchev–Trinajstić information content (AvgIpc) is 0.811. The van der Waals surface area contributed by atoms with Gasteiger partial charge in [-0.25, -0.2) is 0 Å². The molecule has 0 aromatic heterocycles. The third-order valence-corrected chi connectivity index (χ3v) is 0. The predicted molar refractivity (Wildman–Crippen MR) is 14.3 cm³/mol. The first-order valence-electron chi connectivity index (χ1n) is 0.908. The predicted octanol–water partition coefficient (Wildman–Crippen LogP) is -2.07. The molecule has 0 radical (unpaired) electrons. The molecular formula is C2H5O3Pr+2. The molecule has 0 saturated carbocycles. The summed E-state index contributed by atoms with van der Waals surface area (Å²) >= 11 is 0. The van der Waals surface area contributed by atoms with Crippen LogP contribution in [-0.2, 0) is 4.79 Å². The topological polar surface area (TPSA) is 71.6 Å². The van der Waals surface area contributed by atoms with Crippen LogP contribution in [0.3, 0.4) is 0 Å². The largest absolute Gasteiger partial charge is 3.00 e. The maximum atomic E-state index is 8.89. The number of carboxylic acids is 1. The summed E-state index contributed by atoms with van der Waals surface area (Å²) in [7, 11) is 0. The summed E-state index contributed by atoms with van der Waals surface area (Å²) in [5, 5.41) is 8.89. The van der Waals surface area contributed by atoms with Gasteiger partial charge in [-0.1, -0.05) is 0 Å². The fraction of sp³-hybridized carbons (Fsp3) is 0.500. The van der Waals surface area contributed by atoms with E-state index in [4.69, 9.17) is 9.90 Å². The maximum absolute atomic E-state index is 8.89. The third-order valence-electron chi connectivity index (χ3n) is 0. The third kappa shape index (κ3) is 110. The molecular weight excluding hydrogens is 213 g/mol. The van der Waals surface area contributed by atoms with Gasteiger partial charge in [-0.05, 0) is 6.92 Å². The van der Waals surface area contributed by atoms with E-state index in [0.717, 1.165) is 6.92 Å². The normalized spacial score (nSPS) is 4.17. The Morgan fingerprint density at radius 3 is 1.67 bits per heavy atom. The van der Waals surface area contributed by atoms with E-state index in [9.17, 15) is 0 Å². The first-order valence-corrected chi connectivity index (χ1v) is 0.908. The monoisotopic (exact) mass is 218 g/mol. The van der Waals surface area contributed by atoms with Gasteiger partial charge in [0.25, 0.3) is 0 Å². The van der Waals surface area contributed by atoms with Gasteiger partial charge in [0.1, 0.15) is 0 Å². The maximum Gasteiger partial charge on any atom is 3.00 e. The second kappa shape index (κ2) is 9.25. The molecule has 0 aliphatic carbocycles. The first-order chi connectivity index (χ1) is 1.73. The Bertz CT molecular complexity index is 31.8. The summed E-state index contributed by atoms with van der Waals surface area (Å²) < 4.78 is 0. The Balaban J connectivity index is -0.0000000450. The van der Waals surface area contributed by atoms with Gasteiger partial charge in [0.15, 0.2) is 0 Å². The van der Waals surface area contributed by atoms with Crippen molar-refractivity contribution in [3.05, 3.63) is 0 Å². The number of aliphatic carboxylic acids is 1. The molecule has 3 nitrogen and oxygen atoms in total. The van der Waals surface area contributed by atoms with Crippen molar-refractivity contribution in [1.29, 1.82) is 0 Å². The summed E-state index contributed by atoms with van der Waals surface area (Å²) in [6.45, 7) is 0.972. The van der Waals surface area contributed by atoms with Crippen molar-refractivity contribution in [1.82, 2.24) is 0 Å². The minimum absolute atomic E-state index is 0. The molecule has 0 unspecified atom stereocenters. The molecule has 0 bridgehead atoms. The number of carboxylic acid groups (broad SMARTS) is 1. The first kappa shape index (κ1) is 15.8. The molecule has 0 saturated heterocycles. The van der Waals surface area contributed by atoms with Crippen LogP contribution in [0.15, 0.2) is 0 Å². The molecule has 0 spiro atoms. The van der Waals surface area contributed by atoms with Crippen molar-refractivity contribution in [3.8, 4) is 0 Å². The SMILES string of the molecule is CC(=O)[O-].O.[Pr+3]. The van der Waals surface area contributed by atoms with Crippen LogP contribution in [0.25, 0.3) is 0 Å². The molecule has 0 heterocycles. The van der Waals surface area contributed by atoms with E-state index in [0.29, 0.717) is 0 Å². The summed E-state index contributed by atoms with van der Waals surface area (Å²) in [6, 6.07) is 0. The van der Waals surface area contributed by atoms with Crippen LogP contribution < -0.4 is 5.11 Å². The van der Waals surface area contributed by atoms with Crippen molar-refractivity contribution in [3.63, 3.8) is 0 Å². The van der Waals surface area contributed by atoms with Gasteiger partial charge < -0.3 is 15.4 Å². The number of hydrogen-bond donors (Lipinski definition) is 0. The van der Waals surface area contributed by atoms with Gasteiger partial charge in [-0.2, -0.15) is 0 Å². The Morgan fingerprint density at radius 1 is 1.67 bits per heavy atom. The second-order valence-electron chi connectivity index (χ2n) is 0.492. The molecule has 0 aliphatic heterocycles. The number of hydrogen-bond acceptors (Lipinski definition) is 2. The van der Waals surface area contributed by atoms with Gasteiger partial charge in [-0.3, -0.25) is 0 Å². The Hall–Kier alpha value is 0.794. The standard InChI is InChI=1S/C2H4O2.H2O.Pr/c1-2(3)4;;/h1H3,(H,3,4);1H2;/q;;+3/p-1. The van der Waals surface area contributed by atoms with Crippen molar-refractivity contribution in [2.24, 2.45) is 0 Å². The zero-order valence-corrected chi connectivity index (χ0v) is 7.10. The quantitative estimate of drug-likeness (QED) is 0.468. The molecule has 0 aliphatic rings. The van der Waals surface area contributed by atoms with E-state index in [1.54, 1.807) is 0 Å². The zero-order valence-electron chi connectivity index (χ0n) is 3.39. The number of carbonyl (C=O) groups is 1. The molecule has 0 atom stereocenters. The molecule has 0 fully saturated rings. The van der Waals surface area contributed by atoms with E-state index in [-0.39, 0.29) is 46.8 Å². The summed E-state index contributed by atoms with van der Waals surface area (Å²) in [4.78, 5) is 8.89. The number of rotatable bonds is 0. The van der Waals surface area contributed by atoms with Gasteiger partial charge in [0.05, 0.1) is 0 Å². The molecule has 0 aromatic carbocycles. The van der Waals surface area contributed by atoms with Gasteiger partial charge in [-0.15, -0.1) is 0 Å². The van der Waals surface area contributed by atoms with Crippen molar-refractivity contribution >= 4 is 5.97 Å². The minimum Gasteiger partial charge on any atom is -0.550 e.